The lowest BCUT2D eigenvalue weighted by molar-refractivity contribution is 0.0997. The van der Waals surface area contributed by atoms with Gasteiger partial charge in [0.25, 0.3) is 11.5 Å². The molecule has 6 nitrogen and oxygen atoms in total. The molecule has 0 unspecified atom stereocenters. The molecule has 1 amide bonds. The van der Waals surface area contributed by atoms with Gasteiger partial charge in [-0.25, -0.2) is 4.98 Å². The van der Waals surface area contributed by atoms with E-state index < -0.39 is 5.91 Å². The first-order chi connectivity index (χ1) is 8.02. The van der Waals surface area contributed by atoms with Crippen molar-refractivity contribution in [3.63, 3.8) is 0 Å². The summed E-state index contributed by atoms with van der Waals surface area (Å²) in [7, 11) is 1.41. The van der Waals surface area contributed by atoms with Gasteiger partial charge in [0.2, 0.25) is 0 Å². The number of ether oxygens (including phenoxy) is 1. The second-order valence-electron chi connectivity index (χ2n) is 3.59. The molecular formula is C11H11N3O3. The molecule has 1 aromatic carbocycles. The van der Waals surface area contributed by atoms with Crippen molar-refractivity contribution in [3.8, 4) is 5.75 Å². The van der Waals surface area contributed by atoms with Crippen LogP contribution in [0.2, 0.25) is 0 Å². The number of rotatable bonds is 2. The van der Waals surface area contributed by atoms with Gasteiger partial charge in [0.15, 0.2) is 0 Å². The van der Waals surface area contributed by atoms with Crippen LogP contribution in [0.1, 0.15) is 16.2 Å². The fourth-order valence-corrected chi connectivity index (χ4v) is 1.64. The number of fused-ring (bicyclic) bond motifs is 1. The van der Waals surface area contributed by atoms with Crippen LogP contribution in [0.5, 0.6) is 5.75 Å². The molecule has 1 aromatic heterocycles. The summed E-state index contributed by atoms with van der Waals surface area (Å²) in [5.74, 6) is 0.118. The maximum Gasteiger partial charge on any atom is 0.258 e. The van der Waals surface area contributed by atoms with Gasteiger partial charge in [0.05, 0.1) is 23.6 Å². The smallest absolute Gasteiger partial charge is 0.258 e. The number of hydrogen-bond acceptors (Lipinski definition) is 4. The highest BCUT2D eigenvalue weighted by Crippen LogP contribution is 2.22. The van der Waals surface area contributed by atoms with Crippen LogP contribution >= 0.6 is 0 Å². The standard InChI is InChI=1S/C11H11N3O3/c1-5-13-8-3-7(10(12)15)9(17-2)4-6(8)11(16)14-5/h3-4H,1-2H3,(H2,12,15)(H,13,14,16). The minimum absolute atomic E-state index is 0.206. The predicted octanol–water partition coefficient (Wildman–Crippen LogP) is 0.339. The largest absolute Gasteiger partial charge is 0.496 e. The first-order valence-corrected chi connectivity index (χ1v) is 4.91. The van der Waals surface area contributed by atoms with Crippen LogP contribution in [0.3, 0.4) is 0 Å². The Labute approximate surface area is 96.4 Å². The third-order valence-electron chi connectivity index (χ3n) is 2.41. The van der Waals surface area contributed by atoms with Crippen LogP contribution in [0.25, 0.3) is 10.9 Å². The number of amides is 1. The number of nitrogens with zero attached hydrogens (tertiary/aromatic N) is 1. The summed E-state index contributed by atoms with van der Waals surface area (Å²) in [6.45, 7) is 1.66. The number of nitrogens with one attached hydrogen (secondary N) is 1. The quantitative estimate of drug-likeness (QED) is 0.781. The molecule has 17 heavy (non-hydrogen) atoms. The van der Waals surface area contributed by atoms with E-state index in [1.54, 1.807) is 6.92 Å². The first-order valence-electron chi connectivity index (χ1n) is 4.91. The fourth-order valence-electron chi connectivity index (χ4n) is 1.64. The topological polar surface area (TPSA) is 98.1 Å². The number of aromatic nitrogens is 2. The Kier molecular flexibility index (Phi) is 2.55. The molecule has 3 N–H and O–H groups in total. The van der Waals surface area contributed by atoms with Crippen LogP contribution < -0.4 is 16.0 Å². The number of benzene rings is 1. The van der Waals surface area contributed by atoms with Crippen molar-refractivity contribution in [2.45, 2.75) is 6.92 Å². The Balaban J connectivity index is 2.88. The predicted molar refractivity (Wildman–Crippen MR) is 62.2 cm³/mol. The number of methoxy groups -OCH3 is 1. The van der Waals surface area contributed by atoms with Crippen molar-refractivity contribution < 1.29 is 9.53 Å². The van der Waals surface area contributed by atoms with Gasteiger partial charge in [0.1, 0.15) is 11.6 Å². The number of aryl methyl sites for hydroxylation is 1. The molecule has 0 radical (unpaired) electrons. The molecule has 1 heterocycles. The molecular weight excluding hydrogens is 222 g/mol. The maximum absolute atomic E-state index is 11.7. The molecule has 0 atom stereocenters. The maximum atomic E-state index is 11.7. The molecule has 2 aromatic rings. The summed E-state index contributed by atoms with van der Waals surface area (Å²) in [5.41, 5.74) is 5.57. The summed E-state index contributed by atoms with van der Waals surface area (Å²) in [6.07, 6.45) is 0. The van der Waals surface area contributed by atoms with Crippen molar-refractivity contribution in [3.05, 3.63) is 33.9 Å². The summed E-state index contributed by atoms with van der Waals surface area (Å²) < 4.78 is 5.02. The highest BCUT2D eigenvalue weighted by atomic mass is 16.5. The average Bonchev–Trinajstić information content (AvgIpc) is 2.27. The lowest BCUT2D eigenvalue weighted by Crippen LogP contribution is -2.15. The monoisotopic (exact) mass is 233 g/mol. The molecule has 0 aliphatic carbocycles. The van der Waals surface area contributed by atoms with E-state index in [0.717, 1.165) is 0 Å². The molecule has 0 bridgehead atoms. The number of nitrogens with two attached hydrogens (primary N) is 1. The minimum atomic E-state index is -0.622. The molecule has 0 aliphatic rings. The van der Waals surface area contributed by atoms with Gasteiger partial charge in [-0.2, -0.15) is 0 Å². The Bertz CT molecular complexity index is 661. The van der Waals surface area contributed by atoms with E-state index in [1.807, 2.05) is 0 Å². The molecule has 0 saturated heterocycles. The van der Waals surface area contributed by atoms with Gasteiger partial charge in [0, 0.05) is 0 Å². The lowest BCUT2D eigenvalue weighted by Gasteiger charge is -2.07. The number of carbonyl (C=O) groups is 1. The van der Waals surface area contributed by atoms with Crippen molar-refractivity contribution in [1.82, 2.24) is 9.97 Å². The number of H-pyrrole nitrogens is 1. The Morgan fingerprint density at radius 3 is 2.76 bits per heavy atom. The molecule has 0 saturated carbocycles. The van der Waals surface area contributed by atoms with Gasteiger partial charge in [-0.1, -0.05) is 0 Å². The van der Waals surface area contributed by atoms with Crippen molar-refractivity contribution in [1.29, 1.82) is 0 Å². The average molecular weight is 233 g/mol. The SMILES string of the molecule is COc1cc2c(=O)[nH]c(C)nc2cc1C(N)=O. The van der Waals surface area contributed by atoms with Crippen molar-refractivity contribution >= 4 is 16.8 Å². The van der Waals surface area contributed by atoms with Crippen molar-refractivity contribution in [2.75, 3.05) is 7.11 Å². The van der Waals surface area contributed by atoms with E-state index in [2.05, 4.69) is 9.97 Å². The van der Waals surface area contributed by atoms with E-state index in [9.17, 15) is 9.59 Å². The Morgan fingerprint density at radius 2 is 2.18 bits per heavy atom. The third-order valence-corrected chi connectivity index (χ3v) is 2.41. The lowest BCUT2D eigenvalue weighted by atomic mass is 10.1. The normalized spacial score (nSPS) is 10.5. The summed E-state index contributed by atoms with van der Waals surface area (Å²) in [4.78, 5) is 29.6. The summed E-state index contributed by atoms with van der Waals surface area (Å²) in [6, 6.07) is 2.92. The van der Waals surface area contributed by atoms with Crippen LogP contribution in [-0.4, -0.2) is 23.0 Å². The number of hydrogen-bond donors (Lipinski definition) is 2. The van der Waals surface area contributed by atoms with Crippen LogP contribution in [-0.2, 0) is 0 Å². The van der Waals surface area contributed by atoms with Gasteiger partial charge in [-0.15, -0.1) is 0 Å². The van der Waals surface area contributed by atoms with Crippen LogP contribution in [0.4, 0.5) is 0 Å². The summed E-state index contributed by atoms with van der Waals surface area (Å²) in [5, 5.41) is 0.359. The van der Waals surface area contributed by atoms with Crippen molar-refractivity contribution in [2.24, 2.45) is 5.73 Å². The molecule has 0 fully saturated rings. The molecule has 2 rings (SSSR count). The van der Waals surface area contributed by atoms with Gasteiger partial charge >= 0.3 is 0 Å². The fraction of sp³-hybridized carbons (Fsp3) is 0.182. The highest BCUT2D eigenvalue weighted by Gasteiger charge is 2.13. The number of primary amides is 1. The summed E-state index contributed by atoms with van der Waals surface area (Å²) >= 11 is 0. The molecule has 0 aliphatic heterocycles. The van der Waals surface area contributed by atoms with Crippen LogP contribution in [0.15, 0.2) is 16.9 Å². The highest BCUT2D eigenvalue weighted by molar-refractivity contribution is 5.99. The van der Waals surface area contributed by atoms with E-state index in [1.165, 1.54) is 19.2 Å². The zero-order valence-corrected chi connectivity index (χ0v) is 9.40. The van der Waals surface area contributed by atoms with Gasteiger partial charge in [-0.3, -0.25) is 9.59 Å². The number of carbonyl (C=O) groups excluding carboxylic acids is 1. The van der Waals surface area contributed by atoms with E-state index in [4.69, 9.17) is 10.5 Å². The van der Waals surface area contributed by atoms with Gasteiger partial charge in [-0.05, 0) is 19.1 Å². The molecule has 88 valence electrons. The zero-order chi connectivity index (χ0) is 12.6. The zero-order valence-electron chi connectivity index (χ0n) is 9.40. The van der Waals surface area contributed by atoms with E-state index >= 15 is 0 Å². The van der Waals surface area contributed by atoms with E-state index in [-0.39, 0.29) is 16.9 Å². The Hall–Kier alpha value is -2.37. The minimum Gasteiger partial charge on any atom is -0.496 e. The second kappa shape index (κ2) is 3.89. The molecule has 6 heteroatoms. The second-order valence-corrected chi connectivity index (χ2v) is 3.59. The number of aromatic amines is 1. The first kappa shape index (κ1) is 11.1. The van der Waals surface area contributed by atoms with Crippen LogP contribution in [0, 0.1) is 6.92 Å². The van der Waals surface area contributed by atoms with E-state index in [0.29, 0.717) is 16.7 Å². The molecule has 0 spiro atoms. The Morgan fingerprint density at radius 1 is 1.47 bits per heavy atom. The third kappa shape index (κ3) is 1.84. The van der Waals surface area contributed by atoms with Gasteiger partial charge < -0.3 is 15.5 Å².